The molecule has 1 fully saturated rings. The van der Waals surface area contributed by atoms with Crippen molar-refractivity contribution in [2.75, 3.05) is 0 Å². The summed E-state index contributed by atoms with van der Waals surface area (Å²) in [7, 11) is 0. The molecule has 1 aliphatic carbocycles. The summed E-state index contributed by atoms with van der Waals surface area (Å²) in [5.41, 5.74) is 8.13. The van der Waals surface area contributed by atoms with Crippen molar-refractivity contribution in [1.29, 1.82) is 0 Å². The maximum Gasteiger partial charge on any atom is 0.0226 e. The molecule has 0 spiro atoms. The minimum absolute atomic E-state index is 0.602. The fourth-order valence-electron chi connectivity index (χ4n) is 1.39. The average Bonchev–Trinajstić information content (AvgIpc) is 2.03. The molecule has 0 amide bonds. The van der Waals surface area contributed by atoms with Crippen LogP contribution in [0.4, 0.5) is 0 Å². The third-order valence-electron chi connectivity index (χ3n) is 1.95. The molecule has 5 N–H and O–H groups in total. The molecule has 0 unspecified atom stereocenters. The highest BCUT2D eigenvalue weighted by Gasteiger charge is 2.11. The van der Waals surface area contributed by atoms with Crippen molar-refractivity contribution < 1.29 is 0 Å². The van der Waals surface area contributed by atoms with Gasteiger partial charge in [-0.05, 0) is 12.8 Å². The molecule has 0 aliphatic heterocycles. The van der Waals surface area contributed by atoms with Gasteiger partial charge < -0.3 is 0 Å². The van der Waals surface area contributed by atoms with Crippen LogP contribution in [-0.4, -0.2) is 6.04 Å². The topological polar surface area (TPSA) is 62.1 Å². The zero-order chi connectivity index (χ0) is 7.23. The fraction of sp³-hybridized carbons (Fsp3) is 1.00. The molecule has 0 radical (unpaired) electrons. The van der Waals surface area contributed by atoms with E-state index in [0.29, 0.717) is 6.04 Å². The van der Waals surface area contributed by atoms with E-state index in [1.54, 1.807) is 0 Å². The quantitative estimate of drug-likeness (QED) is 0.327. The lowest BCUT2D eigenvalue weighted by atomic mass is 9.96. The molecule has 4 nitrogen and oxygen atoms in total. The van der Waals surface area contributed by atoms with Crippen LogP contribution in [0, 0.1) is 0 Å². The van der Waals surface area contributed by atoms with Crippen LogP contribution in [-0.2, 0) is 0 Å². The first-order valence-corrected chi connectivity index (χ1v) is 3.89. The smallest absolute Gasteiger partial charge is 0.0226 e. The van der Waals surface area contributed by atoms with Gasteiger partial charge in [-0.1, -0.05) is 19.3 Å². The van der Waals surface area contributed by atoms with E-state index in [0.717, 1.165) is 0 Å². The predicted molar refractivity (Wildman–Crippen MR) is 40.5 cm³/mol. The van der Waals surface area contributed by atoms with Gasteiger partial charge in [0.25, 0.3) is 0 Å². The molecule has 1 saturated carbocycles. The first-order chi connectivity index (χ1) is 4.93. The van der Waals surface area contributed by atoms with Crippen LogP contribution in [0.2, 0.25) is 0 Å². The second-order valence-electron chi connectivity index (χ2n) is 2.75. The molecule has 0 atom stereocenters. The third kappa shape index (κ3) is 2.62. The largest absolute Gasteiger partial charge is 0.257 e. The van der Waals surface area contributed by atoms with E-state index < -0.39 is 0 Å². The van der Waals surface area contributed by atoms with E-state index in [1.165, 1.54) is 32.1 Å². The Morgan fingerprint density at radius 1 is 1.10 bits per heavy atom. The normalized spacial score (nSPS) is 21.3. The fourth-order valence-corrected chi connectivity index (χ4v) is 1.39. The first kappa shape index (κ1) is 7.94. The molecule has 0 heterocycles. The van der Waals surface area contributed by atoms with Crippen molar-refractivity contribution in [2.24, 2.45) is 5.84 Å². The van der Waals surface area contributed by atoms with Crippen molar-refractivity contribution in [3.63, 3.8) is 0 Å². The molecular weight excluding hydrogens is 128 g/mol. The molecular formula is C6H16N4. The van der Waals surface area contributed by atoms with Crippen LogP contribution < -0.4 is 22.3 Å². The lowest BCUT2D eigenvalue weighted by molar-refractivity contribution is 0.307. The van der Waals surface area contributed by atoms with Gasteiger partial charge in [-0.25, -0.2) is 5.43 Å². The summed E-state index contributed by atoms with van der Waals surface area (Å²) in [4.78, 5) is 0. The molecule has 60 valence electrons. The minimum Gasteiger partial charge on any atom is -0.257 e. The summed E-state index contributed by atoms with van der Waals surface area (Å²) >= 11 is 0. The Morgan fingerprint density at radius 3 is 2.40 bits per heavy atom. The Balaban J connectivity index is 2.02. The Morgan fingerprint density at radius 2 is 1.80 bits per heavy atom. The predicted octanol–water partition coefficient (Wildman–Crippen LogP) is -0.208. The first-order valence-electron chi connectivity index (χ1n) is 3.89. The molecule has 0 aromatic carbocycles. The van der Waals surface area contributed by atoms with Crippen molar-refractivity contribution in [3.8, 4) is 0 Å². The minimum atomic E-state index is 0.602. The van der Waals surface area contributed by atoms with Gasteiger partial charge in [0.15, 0.2) is 0 Å². The molecule has 4 heteroatoms. The molecule has 0 aromatic heterocycles. The highest BCUT2D eigenvalue weighted by Crippen LogP contribution is 2.16. The monoisotopic (exact) mass is 144 g/mol. The lowest BCUT2D eigenvalue weighted by Gasteiger charge is -2.22. The Hall–Kier alpha value is -0.160. The highest BCUT2D eigenvalue weighted by molar-refractivity contribution is 4.68. The van der Waals surface area contributed by atoms with Crippen LogP contribution in [0.1, 0.15) is 32.1 Å². The molecule has 1 rings (SSSR count). The summed E-state index contributed by atoms with van der Waals surface area (Å²) in [6.07, 6.45) is 6.57. The number of nitrogens with one attached hydrogen (secondary N) is 3. The van der Waals surface area contributed by atoms with E-state index in [-0.39, 0.29) is 0 Å². The molecule has 1 aliphatic rings. The van der Waals surface area contributed by atoms with Gasteiger partial charge in [0, 0.05) is 6.04 Å². The molecule has 0 bridgehead atoms. The van der Waals surface area contributed by atoms with Crippen molar-refractivity contribution in [2.45, 2.75) is 38.1 Å². The number of nitrogens with two attached hydrogens (primary N) is 1. The zero-order valence-corrected chi connectivity index (χ0v) is 6.19. The standard InChI is InChI=1S/C6H16N4/c7-9-10-8-6-4-2-1-3-5-6/h6,8-10H,1-5,7H2. The third-order valence-corrected chi connectivity index (χ3v) is 1.95. The van der Waals surface area contributed by atoms with Gasteiger partial charge in [-0.3, -0.25) is 5.84 Å². The Bertz CT molecular complexity index is 79.8. The maximum atomic E-state index is 5.02. The number of hydrogen-bond donors (Lipinski definition) is 4. The maximum absolute atomic E-state index is 5.02. The van der Waals surface area contributed by atoms with E-state index in [1.807, 2.05) is 0 Å². The molecule has 10 heavy (non-hydrogen) atoms. The van der Waals surface area contributed by atoms with Crippen molar-refractivity contribution >= 4 is 0 Å². The van der Waals surface area contributed by atoms with Crippen LogP contribution in [0.3, 0.4) is 0 Å². The summed E-state index contributed by atoms with van der Waals surface area (Å²) in [5.74, 6) is 5.02. The van der Waals surface area contributed by atoms with Gasteiger partial charge in [0.05, 0.1) is 0 Å². The van der Waals surface area contributed by atoms with Crippen molar-refractivity contribution in [3.05, 3.63) is 0 Å². The zero-order valence-electron chi connectivity index (χ0n) is 6.19. The van der Waals surface area contributed by atoms with E-state index in [4.69, 9.17) is 5.84 Å². The number of hydrogen-bond acceptors (Lipinski definition) is 4. The van der Waals surface area contributed by atoms with Gasteiger partial charge in [-0.2, -0.15) is 11.1 Å². The molecule has 0 aromatic rings. The summed E-state index contributed by atoms with van der Waals surface area (Å²) in [5, 5.41) is 0. The van der Waals surface area contributed by atoms with Crippen LogP contribution >= 0.6 is 0 Å². The average molecular weight is 144 g/mol. The lowest BCUT2D eigenvalue weighted by Crippen LogP contribution is -2.51. The highest BCUT2D eigenvalue weighted by atomic mass is 15.7. The van der Waals surface area contributed by atoms with Crippen LogP contribution in [0.25, 0.3) is 0 Å². The van der Waals surface area contributed by atoms with Crippen LogP contribution in [0.15, 0.2) is 0 Å². The van der Waals surface area contributed by atoms with E-state index in [9.17, 15) is 0 Å². The number of rotatable bonds is 3. The Labute approximate surface area is 61.5 Å². The van der Waals surface area contributed by atoms with Gasteiger partial charge in [0.2, 0.25) is 0 Å². The van der Waals surface area contributed by atoms with E-state index >= 15 is 0 Å². The second-order valence-corrected chi connectivity index (χ2v) is 2.75. The summed E-state index contributed by atoms with van der Waals surface area (Å²) in [6.45, 7) is 0. The van der Waals surface area contributed by atoms with Gasteiger partial charge >= 0.3 is 0 Å². The van der Waals surface area contributed by atoms with E-state index in [2.05, 4.69) is 16.5 Å². The SMILES string of the molecule is NNNNC1CCCCC1. The summed E-state index contributed by atoms with van der Waals surface area (Å²) < 4.78 is 0. The van der Waals surface area contributed by atoms with Gasteiger partial charge in [0.1, 0.15) is 0 Å². The van der Waals surface area contributed by atoms with Gasteiger partial charge in [-0.15, -0.1) is 0 Å². The second kappa shape index (κ2) is 4.62. The summed E-state index contributed by atoms with van der Waals surface area (Å²) in [6, 6.07) is 0.602. The number of hydrazine groups is 3. The van der Waals surface area contributed by atoms with Crippen molar-refractivity contribution in [1.82, 2.24) is 16.5 Å². The van der Waals surface area contributed by atoms with Crippen LogP contribution in [0.5, 0.6) is 0 Å². The molecule has 0 saturated heterocycles. The Kier molecular flexibility index (Phi) is 3.67.